The summed E-state index contributed by atoms with van der Waals surface area (Å²) in [7, 11) is 3.91. The highest BCUT2D eigenvalue weighted by Gasteiger charge is 2.22. The summed E-state index contributed by atoms with van der Waals surface area (Å²) in [5.74, 6) is 0. The van der Waals surface area contributed by atoms with Crippen LogP contribution in [-0.2, 0) is 0 Å². The Hall–Kier alpha value is -0.900. The zero-order valence-electron chi connectivity index (χ0n) is 9.83. The molecular weight excluding hydrogens is 208 g/mol. The summed E-state index contributed by atoms with van der Waals surface area (Å²) in [5.41, 5.74) is 1.74. The minimum absolute atomic E-state index is 0.0207. The van der Waals surface area contributed by atoms with Crippen molar-refractivity contribution in [3.63, 3.8) is 0 Å². The van der Waals surface area contributed by atoms with Crippen molar-refractivity contribution in [1.29, 1.82) is 0 Å². The van der Waals surface area contributed by atoms with E-state index in [1.807, 2.05) is 25.9 Å². The molecule has 0 bridgehead atoms. The van der Waals surface area contributed by atoms with Crippen LogP contribution in [0.25, 0.3) is 0 Å². The molecule has 0 saturated heterocycles. The largest absolute Gasteiger partial charge is 0.372 e. The fourth-order valence-electron chi connectivity index (χ4n) is 1.68. The highest BCUT2D eigenvalue weighted by atomic mass is 32.1. The lowest BCUT2D eigenvalue weighted by Gasteiger charge is -2.28. The highest BCUT2D eigenvalue weighted by Crippen LogP contribution is 2.29. The van der Waals surface area contributed by atoms with Crippen LogP contribution in [0.15, 0.2) is 4.79 Å². The molecule has 1 aromatic carbocycles. The van der Waals surface area contributed by atoms with E-state index in [1.54, 1.807) is 0 Å². The van der Waals surface area contributed by atoms with E-state index in [0.29, 0.717) is 4.51 Å². The minimum atomic E-state index is 0.0207. The van der Waals surface area contributed by atoms with E-state index >= 15 is 0 Å². The molecule has 0 N–H and O–H groups in total. The van der Waals surface area contributed by atoms with E-state index in [-0.39, 0.29) is 5.43 Å². The SMILES string of the molecule is CCCN(C)c1c(N(C)CC)c(=O)c1=S. The zero-order valence-corrected chi connectivity index (χ0v) is 10.6. The molecule has 0 aromatic heterocycles. The summed E-state index contributed by atoms with van der Waals surface area (Å²) in [5, 5.41) is 0. The molecule has 0 aliphatic carbocycles. The first-order valence-electron chi connectivity index (χ1n) is 5.30. The Morgan fingerprint density at radius 2 is 1.73 bits per heavy atom. The van der Waals surface area contributed by atoms with Crippen LogP contribution in [0.1, 0.15) is 20.3 Å². The molecule has 84 valence electrons. The van der Waals surface area contributed by atoms with Crippen molar-refractivity contribution >= 4 is 23.6 Å². The Balaban J connectivity index is 3.04. The number of nitrogens with zero attached hydrogens (tertiary/aromatic N) is 2. The van der Waals surface area contributed by atoms with Crippen LogP contribution in [0.2, 0.25) is 0 Å². The predicted molar refractivity (Wildman–Crippen MR) is 68.4 cm³/mol. The van der Waals surface area contributed by atoms with E-state index < -0.39 is 0 Å². The summed E-state index contributed by atoms with van der Waals surface area (Å²) < 4.78 is 0.487. The maximum atomic E-state index is 11.6. The first-order chi connectivity index (χ1) is 7.04. The molecule has 0 amide bonds. The fourth-order valence-corrected chi connectivity index (χ4v) is 2.03. The van der Waals surface area contributed by atoms with Crippen LogP contribution in [0.4, 0.5) is 11.4 Å². The summed E-state index contributed by atoms with van der Waals surface area (Å²) >= 11 is 5.09. The maximum Gasteiger partial charge on any atom is 0.224 e. The third-order valence-electron chi connectivity index (χ3n) is 2.66. The Morgan fingerprint density at radius 3 is 2.20 bits per heavy atom. The van der Waals surface area contributed by atoms with Crippen LogP contribution < -0.4 is 15.2 Å². The van der Waals surface area contributed by atoms with Gasteiger partial charge in [-0.15, -0.1) is 0 Å². The zero-order chi connectivity index (χ0) is 11.6. The van der Waals surface area contributed by atoms with Gasteiger partial charge in [0.1, 0.15) is 10.2 Å². The molecule has 15 heavy (non-hydrogen) atoms. The second-order valence-electron chi connectivity index (χ2n) is 3.79. The van der Waals surface area contributed by atoms with Gasteiger partial charge in [-0.05, 0) is 13.3 Å². The van der Waals surface area contributed by atoms with Crippen molar-refractivity contribution in [3.05, 3.63) is 14.7 Å². The normalized spacial score (nSPS) is 10.7. The fraction of sp³-hybridized carbons (Fsp3) is 0.636. The molecule has 0 fully saturated rings. The molecular formula is C11H18N2OS. The molecule has 1 aromatic rings. The van der Waals surface area contributed by atoms with Crippen LogP contribution in [0.5, 0.6) is 0 Å². The Morgan fingerprint density at radius 1 is 1.13 bits per heavy atom. The number of hydrogen-bond acceptors (Lipinski definition) is 4. The monoisotopic (exact) mass is 226 g/mol. The van der Waals surface area contributed by atoms with E-state index in [2.05, 4.69) is 11.8 Å². The molecule has 0 unspecified atom stereocenters. The molecule has 0 saturated carbocycles. The van der Waals surface area contributed by atoms with E-state index in [9.17, 15) is 4.79 Å². The van der Waals surface area contributed by atoms with Gasteiger partial charge < -0.3 is 9.80 Å². The third kappa shape index (κ3) is 2.04. The van der Waals surface area contributed by atoms with Crippen LogP contribution in [0, 0.1) is 4.51 Å². The average molecular weight is 226 g/mol. The van der Waals surface area contributed by atoms with Gasteiger partial charge in [0, 0.05) is 27.2 Å². The summed E-state index contributed by atoms with van der Waals surface area (Å²) in [6, 6.07) is 0. The molecule has 0 atom stereocenters. The van der Waals surface area contributed by atoms with Gasteiger partial charge in [-0.3, -0.25) is 4.79 Å². The highest BCUT2D eigenvalue weighted by molar-refractivity contribution is 7.71. The first kappa shape index (κ1) is 12.2. The van der Waals surface area contributed by atoms with E-state index in [0.717, 1.165) is 30.9 Å². The molecule has 0 heterocycles. The van der Waals surface area contributed by atoms with Gasteiger partial charge in [0.15, 0.2) is 0 Å². The van der Waals surface area contributed by atoms with Gasteiger partial charge >= 0.3 is 0 Å². The second-order valence-corrected chi connectivity index (χ2v) is 4.20. The van der Waals surface area contributed by atoms with E-state index in [4.69, 9.17) is 12.2 Å². The molecule has 3 nitrogen and oxygen atoms in total. The topological polar surface area (TPSA) is 23.6 Å². The lowest BCUT2D eigenvalue weighted by Crippen LogP contribution is -2.33. The van der Waals surface area contributed by atoms with E-state index in [1.165, 1.54) is 0 Å². The van der Waals surface area contributed by atoms with Gasteiger partial charge in [0.25, 0.3) is 0 Å². The Labute approximate surface area is 96.0 Å². The van der Waals surface area contributed by atoms with Crippen LogP contribution >= 0.6 is 12.2 Å². The van der Waals surface area contributed by atoms with Crippen molar-refractivity contribution in [1.82, 2.24) is 0 Å². The third-order valence-corrected chi connectivity index (χ3v) is 3.04. The van der Waals surface area contributed by atoms with Crippen molar-refractivity contribution in [3.8, 4) is 0 Å². The molecule has 0 spiro atoms. The molecule has 0 aliphatic rings. The van der Waals surface area contributed by atoms with Gasteiger partial charge in [0.2, 0.25) is 5.43 Å². The van der Waals surface area contributed by atoms with Crippen LogP contribution in [0.3, 0.4) is 0 Å². The molecule has 4 heteroatoms. The minimum Gasteiger partial charge on any atom is -0.372 e. The average Bonchev–Trinajstić information content (AvgIpc) is 2.23. The van der Waals surface area contributed by atoms with Gasteiger partial charge in [-0.1, -0.05) is 19.1 Å². The van der Waals surface area contributed by atoms with Crippen molar-refractivity contribution < 1.29 is 0 Å². The first-order valence-corrected chi connectivity index (χ1v) is 5.70. The second kappa shape index (κ2) is 4.75. The van der Waals surface area contributed by atoms with Crippen LogP contribution in [-0.4, -0.2) is 27.2 Å². The van der Waals surface area contributed by atoms with Gasteiger partial charge in [0.05, 0.1) is 5.69 Å². The standard InChI is InChI=1S/C11H18N2OS/c1-5-7-13(4)9-8(12(3)6-2)10(14)11(9)15/h5-7H2,1-4H3. The Bertz CT molecular complexity index is 407. The summed E-state index contributed by atoms with van der Waals surface area (Å²) in [4.78, 5) is 15.6. The Kier molecular flexibility index (Phi) is 3.85. The summed E-state index contributed by atoms with van der Waals surface area (Å²) in [6.45, 7) is 5.90. The van der Waals surface area contributed by atoms with Gasteiger partial charge in [-0.2, -0.15) is 0 Å². The molecule has 1 rings (SSSR count). The lowest BCUT2D eigenvalue weighted by atomic mass is 10.1. The van der Waals surface area contributed by atoms with Gasteiger partial charge in [-0.25, -0.2) is 0 Å². The van der Waals surface area contributed by atoms with Crippen molar-refractivity contribution in [2.45, 2.75) is 20.3 Å². The van der Waals surface area contributed by atoms with Crippen molar-refractivity contribution in [2.24, 2.45) is 0 Å². The summed E-state index contributed by atoms with van der Waals surface area (Å²) in [6.07, 6.45) is 1.06. The maximum absolute atomic E-state index is 11.6. The number of rotatable bonds is 5. The lowest BCUT2D eigenvalue weighted by molar-refractivity contribution is 0.837. The molecule has 0 radical (unpaired) electrons. The number of anilines is 2. The van der Waals surface area contributed by atoms with Crippen molar-refractivity contribution in [2.75, 3.05) is 37.0 Å². The number of hydrogen-bond donors (Lipinski definition) is 0. The predicted octanol–water partition coefficient (Wildman–Crippen LogP) is 1.95. The molecule has 0 aliphatic heterocycles. The quantitative estimate of drug-likeness (QED) is 0.716. The smallest absolute Gasteiger partial charge is 0.224 e.